The van der Waals surface area contributed by atoms with Crippen LogP contribution < -0.4 is 10.6 Å². The molecule has 0 radical (unpaired) electrons. The molecule has 0 aliphatic heterocycles. The van der Waals surface area contributed by atoms with Gasteiger partial charge in [-0.25, -0.2) is 0 Å². The van der Waals surface area contributed by atoms with Crippen molar-refractivity contribution < 1.29 is 30.0 Å². The fraction of sp³-hybridized carbons (Fsp3) is 0.222. The molecule has 0 saturated carbocycles. The number of carbonyl (C=O) groups excluding carboxylic acids is 2. The summed E-state index contributed by atoms with van der Waals surface area (Å²) in [6.45, 7) is 5.66. The largest absolute Gasteiger partial charge is 0.391 e. The summed E-state index contributed by atoms with van der Waals surface area (Å²) in [6, 6.07) is 0. The molecule has 4 nitrogen and oxygen atoms in total. The summed E-state index contributed by atoms with van der Waals surface area (Å²) in [5.74, 6) is 0.127. The van der Waals surface area contributed by atoms with Gasteiger partial charge in [-0.05, 0) is 38.2 Å². The Balaban J connectivity index is 0.000000403. The van der Waals surface area contributed by atoms with Crippen LogP contribution in [0.3, 0.4) is 0 Å². The normalized spacial score (nSPS) is 18.5. The molecule has 0 fully saturated rings. The maximum atomic E-state index is 11.1. The monoisotopic (exact) mass is 404 g/mol. The van der Waals surface area contributed by atoms with Gasteiger partial charge in [0.2, 0.25) is 0 Å². The minimum absolute atomic E-state index is 0. The van der Waals surface area contributed by atoms with Gasteiger partial charge in [0.25, 0.3) is 0 Å². The number of rotatable bonds is 4. The first-order valence-electron chi connectivity index (χ1n) is 7.34. The van der Waals surface area contributed by atoms with Crippen LogP contribution in [0.4, 0.5) is 0 Å². The zero-order valence-electron chi connectivity index (χ0n) is 13.3. The maximum Gasteiger partial charge on any atom is 0.187 e. The third kappa shape index (κ3) is 8.30. The van der Waals surface area contributed by atoms with Crippen LogP contribution in [0.5, 0.6) is 0 Å². The molecule has 0 aromatic heterocycles. The molecule has 0 unspecified atom stereocenters. The minimum atomic E-state index is 0. The molecule has 2 aliphatic rings. The molecule has 0 heterocycles. The molecule has 0 spiro atoms. The summed E-state index contributed by atoms with van der Waals surface area (Å²) in [5, 5.41) is 5.96. The number of hydrogen-bond donors (Lipinski definition) is 2. The number of nitrogens with one attached hydrogen (secondary N) is 2. The molecule has 5 heteroatoms. The SMILES string of the molecule is CCN/C=C1/C=CC=CC1=O.CCN/C=C1/C=CC=CC1=O.[Pd]. The third-order valence-electron chi connectivity index (χ3n) is 2.76. The molecule has 0 atom stereocenters. The van der Waals surface area contributed by atoms with Crippen LogP contribution in [-0.2, 0) is 30.0 Å². The zero-order valence-corrected chi connectivity index (χ0v) is 14.9. The Kier molecular flexibility index (Phi) is 11.5. The topological polar surface area (TPSA) is 58.2 Å². The van der Waals surface area contributed by atoms with Crippen molar-refractivity contribution in [3.8, 4) is 0 Å². The van der Waals surface area contributed by atoms with E-state index in [2.05, 4.69) is 10.6 Å². The molecule has 2 rings (SSSR count). The molecule has 0 aromatic carbocycles. The van der Waals surface area contributed by atoms with Gasteiger partial charge in [-0.15, -0.1) is 0 Å². The Morgan fingerprint density at radius 2 is 1.09 bits per heavy atom. The van der Waals surface area contributed by atoms with E-state index in [1.54, 1.807) is 48.9 Å². The Labute approximate surface area is 151 Å². The first-order chi connectivity index (χ1) is 10.7. The van der Waals surface area contributed by atoms with Gasteiger partial charge in [-0.1, -0.05) is 24.3 Å². The van der Waals surface area contributed by atoms with E-state index in [1.165, 1.54) is 0 Å². The quantitative estimate of drug-likeness (QED) is 0.558. The van der Waals surface area contributed by atoms with E-state index in [1.807, 2.05) is 26.0 Å². The van der Waals surface area contributed by atoms with Crippen molar-refractivity contribution >= 4 is 11.6 Å². The third-order valence-corrected chi connectivity index (χ3v) is 2.76. The van der Waals surface area contributed by atoms with Crippen LogP contribution in [0.1, 0.15) is 13.8 Å². The number of allylic oxidation sites excluding steroid dienone is 10. The van der Waals surface area contributed by atoms with Crippen molar-refractivity contribution in [2.75, 3.05) is 13.1 Å². The van der Waals surface area contributed by atoms with Crippen molar-refractivity contribution in [3.63, 3.8) is 0 Å². The van der Waals surface area contributed by atoms with E-state index in [0.717, 1.165) is 13.1 Å². The van der Waals surface area contributed by atoms with Crippen LogP contribution in [-0.4, -0.2) is 24.7 Å². The summed E-state index contributed by atoms with van der Waals surface area (Å²) < 4.78 is 0. The second-order valence-corrected chi connectivity index (χ2v) is 4.48. The van der Waals surface area contributed by atoms with Crippen LogP contribution in [0.2, 0.25) is 0 Å². The zero-order chi connectivity index (χ0) is 16.2. The van der Waals surface area contributed by atoms with E-state index in [4.69, 9.17) is 0 Å². The molecule has 0 amide bonds. The van der Waals surface area contributed by atoms with Crippen molar-refractivity contribution in [2.24, 2.45) is 0 Å². The van der Waals surface area contributed by atoms with Gasteiger partial charge < -0.3 is 10.6 Å². The molecular formula is C18H22N2O2Pd. The Morgan fingerprint density at radius 3 is 1.39 bits per heavy atom. The second kappa shape index (κ2) is 12.6. The molecule has 0 saturated heterocycles. The summed E-state index contributed by atoms with van der Waals surface area (Å²) in [6.07, 6.45) is 17.4. The predicted octanol–water partition coefficient (Wildman–Crippen LogP) is 2.35. The van der Waals surface area contributed by atoms with Crippen LogP contribution in [0.25, 0.3) is 0 Å². The van der Waals surface area contributed by atoms with Gasteiger partial charge in [-0.2, -0.15) is 0 Å². The standard InChI is InChI=1S/2C9H11NO.Pd/c2*1-2-10-7-8-5-3-4-6-9(8)11;/h2*3-7,10H,2H2,1H3;/b2*8-7-;. The average Bonchev–Trinajstić information content (AvgIpc) is 2.54. The van der Waals surface area contributed by atoms with Gasteiger partial charge in [0.15, 0.2) is 11.6 Å². The van der Waals surface area contributed by atoms with Crippen molar-refractivity contribution in [2.45, 2.75) is 13.8 Å². The average molecular weight is 405 g/mol. The first-order valence-corrected chi connectivity index (χ1v) is 7.34. The minimum Gasteiger partial charge on any atom is -0.391 e. The number of ketones is 2. The smallest absolute Gasteiger partial charge is 0.187 e. The van der Waals surface area contributed by atoms with Gasteiger partial charge in [0, 0.05) is 57.1 Å². The Morgan fingerprint density at radius 1 is 0.739 bits per heavy atom. The Bertz CT molecular complexity index is 530. The fourth-order valence-electron chi connectivity index (χ4n) is 1.62. The first kappa shape index (κ1) is 21.0. The van der Waals surface area contributed by atoms with E-state index in [0.29, 0.717) is 11.1 Å². The van der Waals surface area contributed by atoms with Gasteiger partial charge >= 0.3 is 0 Å². The number of carbonyl (C=O) groups is 2. The van der Waals surface area contributed by atoms with Crippen LogP contribution in [0, 0.1) is 0 Å². The van der Waals surface area contributed by atoms with E-state index in [-0.39, 0.29) is 32.0 Å². The molecular weight excluding hydrogens is 383 g/mol. The van der Waals surface area contributed by atoms with Crippen LogP contribution in [0.15, 0.2) is 72.2 Å². The number of hydrogen-bond acceptors (Lipinski definition) is 4. The summed E-state index contributed by atoms with van der Waals surface area (Å²) in [5.41, 5.74) is 1.43. The summed E-state index contributed by atoms with van der Waals surface area (Å²) in [7, 11) is 0. The molecule has 2 aliphatic carbocycles. The maximum absolute atomic E-state index is 11.1. The summed E-state index contributed by atoms with van der Waals surface area (Å²) >= 11 is 0. The van der Waals surface area contributed by atoms with Gasteiger partial charge in [0.05, 0.1) is 0 Å². The van der Waals surface area contributed by atoms with Crippen molar-refractivity contribution in [1.82, 2.24) is 10.6 Å². The van der Waals surface area contributed by atoms with Crippen molar-refractivity contribution in [3.05, 3.63) is 72.2 Å². The fourth-order valence-corrected chi connectivity index (χ4v) is 1.62. The van der Waals surface area contributed by atoms with E-state index < -0.39 is 0 Å². The molecule has 0 bridgehead atoms. The molecule has 23 heavy (non-hydrogen) atoms. The predicted molar refractivity (Wildman–Crippen MR) is 90.1 cm³/mol. The van der Waals surface area contributed by atoms with Gasteiger partial charge in [-0.3, -0.25) is 9.59 Å². The van der Waals surface area contributed by atoms with Gasteiger partial charge in [0.1, 0.15) is 0 Å². The molecule has 0 aromatic rings. The van der Waals surface area contributed by atoms with Crippen LogP contribution >= 0.6 is 0 Å². The summed E-state index contributed by atoms with van der Waals surface area (Å²) in [4.78, 5) is 22.1. The second-order valence-electron chi connectivity index (χ2n) is 4.48. The van der Waals surface area contributed by atoms with Crippen molar-refractivity contribution in [1.29, 1.82) is 0 Å². The molecule has 2 N–H and O–H groups in total. The Hall–Kier alpha value is -1.96. The van der Waals surface area contributed by atoms with E-state index in [9.17, 15) is 9.59 Å². The molecule has 126 valence electrons. The van der Waals surface area contributed by atoms with E-state index >= 15 is 0 Å².